The standard InChI is InChI=1S/C12H10N4OS/c13-10-8(2-1-4-14-10)6-16-7-15-11-9(12(16)17)3-5-18-11/h1-5,7H,6H2,(H2,13,14). The molecule has 0 radical (unpaired) electrons. The van der Waals surface area contributed by atoms with E-state index in [1.807, 2.05) is 11.4 Å². The largest absolute Gasteiger partial charge is 0.383 e. The van der Waals surface area contributed by atoms with Crippen molar-refractivity contribution in [2.75, 3.05) is 5.73 Å². The Bertz CT molecular complexity index is 762. The van der Waals surface area contributed by atoms with E-state index in [1.165, 1.54) is 11.3 Å². The van der Waals surface area contributed by atoms with Crippen molar-refractivity contribution in [1.29, 1.82) is 0 Å². The summed E-state index contributed by atoms with van der Waals surface area (Å²) in [5, 5.41) is 2.51. The van der Waals surface area contributed by atoms with Crippen LogP contribution in [0.4, 0.5) is 5.82 Å². The summed E-state index contributed by atoms with van der Waals surface area (Å²) in [6.07, 6.45) is 3.18. The van der Waals surface area contributed by atoms with Crippen molar-refractivity contribution in [1.82, 2.24) is 14.5 Å². The molecule has 0 aliphatic rings. The van der Waals surface area contributed by atoms with E-state index >= 15 is 0 Å². The fraction of sp³-hybridized carbons (Fsp3) is 0.0833. The maximum absolute atomic E-state index is 12.2. The second-order valence-corrected chi connectivity index (χ2v) is 4.76. The highest BCUT2D eigenvalue weighted by Crippen LogP contribution is 2.14. The highest BCUT2D eigenvalue weighted by atomic mass is 32.1. The van der Waals surface area contributed by atoms with Crippen LogP contribution in [0.5, 0.6) is 0 Å². The molecule has 6 heteroatoms. The van der Waals surface area contributed by atoms with Crippen LogP contribution in [0.1, 0.15) is 5.56 Å². The van der Waals surface area contributed by atoms with Crippen molar-refractivity contribution in [3.05, 3.63) is 52.0 Å². The van der Waals surface area contributed by atoms with Crippen molar-refractivity contribution >= 4 is 27.4 Å². The van der Waals surface area contributed by atoms with Gasteiger partial charge < -0.3 is 5.73 Å². The van der Waals surface area contributed by atoms with Crippen LogP contribution in [0.2, 0.25) is 0 Å². The average molecular weight is 258 g/mol. The van der Waals surface area contributed by atoms with Gasteiger partial charge in [0.05, 0.1) is 18.3 Å². The Labute approximate surface area is 107 Å². The van der Waals surface area contributed by atoms with Gasteiger partial charge in [-0.2, -0.15) is 0 Å². The number of nitrogen functional groups attached to an aromatic ring is 1. The summed E-state index contributed by atoms with van der Waals surface area (Å²) < 4.78 is 1.54. The molecular formula is C12H10N4OS. The monoisotopic (exact) mass is 258 g/mol. The topological polar surface area (TPSA) is 73.8 Å². The summed E-state index contributed by atoms with van der Waals surface area (Å²) in [7, 11) is 0. The number of anilines is 1. The Hall–Kier alpha value is -2.21. The number of thiophene rings is 1. The smallest absolute Gasteiger partial charge is 0.262 e. The quantitative estimate of drug-likeness (QED) is 0.755. The van der Waals surface area contributed by atoms with Crippen molar-refractivity contribution < 1.29 is 0 Å². The van der Waals surface area contributed by atoms with Crippen LogP contribution in [-0.4, -0.2) is 14.5 Å². The summed E-state index contributed by atoms with van der Waals surface area (Å²) in [6.45, 7) is 0.386. The van der Waals surface area contributed by atoms with E-state index in [-0.39, 0.29) is 5.56 Å². The molecule has 0 spiro atoms. The number of rotatable bonds is 2. The number of fused-ring (bicyclic) bond motifs is 1. The molecule has 3 heterocycles. The van der Waals surface area contributed by atoms with Crippen LogP contribution in [0, 0.1) is 0 Å². The van der Waals surface area contributed by atoms with Crippen molar-refractivity contribution in [3.8, 4) is 0 Å². The molecule has 90 valence electrons. The molecule has 0 amide bonds. The molecule has 3 rings (SSSR count). The fourth-order valence-corrected chi connectivity index (χ4v) is 2.50. The molecule has 0 aliphatic carbocycles. The predicted octanol–water partition coefficient (Wildman–Crippen LogP) is 1.48. The van der Waals surface area contributed by atoms with Crippen LogP contribution < -0.4 is 11.3 Å². The van der Waals surface area contributed by atoms with Crippen molar-refractivity contribution in [2.24, 2.45) is 0 Å². The average Bonchev–Trinajstić information content (AvgIpc) is 2.84. The summed E-state index contributed by atoms with van der Waals surface area (Å²) in [6, 6.07) is 5.44. The minimum absolute atomic E-state index is 0.0514. The molecule has 0 unspecified atom stereocenters. The molecule has 2 N–H and O–H groups in total. The summed E-state index contributed by atoms with van der Waals surface area (Å²) >= 11 is 1.46. The Kier molecular flexibility index (Phi) is 2.56. The van der Waals surface area contributed by atoms with Crippen LogP contribution in [0.15, 0.2) is 40.9 Å². The molecular weight excluding hydrogens is 248 g/mol. The van der Waals surface area contributed by atoms with E-state index in [2.05, 4.69) is 9.97 Å². The number of nitrogens with zero attached hydrogens (tertiary/aromatic N) is 3. The van der Waals surface area contributed by atoms with Gasteiger partial charge in [-0.3, -0.25) is 9.36 Å². The molecule has 0 aliphatic heterocycles. The Morgan fingerprint density at radius 3 is 3.06 bits per heavy atom. The molecule has 0 atom stereocenters. The number of nitrogens with two attached hydrogens (primary N) is 1. The maximum Gasteiger partial charge on any atom is 0.262 e. The molecule has 0 saturated heterocycles. The Morgan fingerprint density at radius 2 is 2.22 bits per heavy atom. The third-order valence-electron chi connectivity index (χ3n) is 2.72. The number of aromatic nitrogens is 3. The Morgan fingerprint density at radius 1 is 1.33 bits per heavy atom. The van der Waals surface area contributed by atoms with Gasteiger partial charge in [0.1, 0.15) is 10.6 Å². The predicted molar refractivity (Wildman–Crippen MR) is 71.6 cm³/mol. The lowest BCUT2D eigenvalue weighted by Crippen LogP contribution is -2.21. The first-order valence-electron chi connectivity index (χ1n) is 5.38. The molecule has 0 bridgehead atoms. The second-order valence-electron chi connectivity index (χ2n) is 3.86. The number of hydrogen-bond donors (Lipinski definition) is 1. The van der Waals surface area contributed by atoms with Gasteiger partial charge in [-0.1, -0.05) is 6.07 Å². The third-order valence-corrected chi connectivity index (χ3v) is 3.54. The van der Waals surface area contributed by atoms with Crippen LogP contribution in [-0.2, 0) is 6.54 Å². The lowest BCUT2D eigenvalue weighted by Gasteiger charge is -2.06. The van der Waals surface area contributed by atoms with Crippen molar-refractivity contribution in [3.63, 3.8) is 0 Å². The van der Waals surface area contributed by atoms with Gasteiger partial charge in [0.15, 0.2) is 0 Å². The highest BCUT2D eigenvalue weighted by molar-refractivity contribution is 7.16. The van der Waals surface area contributed by atoms with E-state index in [0.717, 1.165) is 10.4 Å². The third kappa shape index (κ3) is 1.76. The number of hydrogen-bond acceptors (Lipinski definition) is 5. The zero-order valence-electron chi connectivity index (χ0n) is 9.41. The first kappa shape index (κ1) is 10.9. The van der Waals surface area contributed by atoms with Gasteiger partial charge in [-0.15, -0.1) is 11.3 Å². The van der Waals surface area contributed by atoms with Gasteiger partial charge >= 0.3 is 0 Å². The molecule has 0 fully saturated rings. The summed E-state index contributed by atoms with van der Waals surface area (Å²) in [5.41, 5.74) is 6.53. The molecule has 3 aromatic rings. The Balaban J connectivity index is 2.08. The number of pyridine rings is 1. The molecule has 3 aromatic heterocycles. The first-order chi connectivity index (χ1) is 8.75. The highest BCUT2D eigenvalue weighted by Gasteiger charge is 2.07. The van der Waals surface area contributed by atoms with E-state index in [0.29, 0.717) is 17.7 Å². The lowest BCUT2D eigenvalue weighted by atomic mass is 10.2. The molecule has 0 saturated carbocycles. The molecule has 5 nitrogen and oxygen atoms in total. The van der Waals surface area contributed by atoms with Crippen LogP contribution >= 0.6 is 11.3 Å². The minimum Gasteiger partial charge on any atom is -0.383 e. The minimum atomic E-state index is -0.0514. The SMILES string of the molecule is Nc1ncccc1Cn1cnc2sccc2c1=O. The van der Waals surface area contributed by atoms with Crippen molar-refractivity contribution in [2.45, 2.75) is 6.54 Å². The normalized spacial score (nSPS) is 10.9. The first-order valence-corrected chi connectivity index (χ1v) is 6.25. The fourth-order valence-electron chi connectivity index (χ4n) is 1.77. The van der Waals surface area contributed by atoms with Gasteiger partial charge in [0.25, 0.3) is 5.56 Å². The van der Waals surface area contributed by atoms with Gasteiger partial charge in [0.2, 0.25) is 0 Å². The van der Waals surface area contributed by atoms with E-state index in [1.54, 1.807) is 29.2 Å². The van der Waals surface area contributed by atoms with Crippen LogP contribution in [0.25, 0.3) is 10.2 Å². The van der Waals surface area contributed by atoms with Gasteiger partial charge in [-0.05, 0) is 17.5 Å². The lowest BCUT2D eigenvalue weighted by molar-refractivity contribution is 0.748. The van der Waals surface area contributed by atoms with E-state index < -0.39 is 0 Å². The maximum atomic E-state index is 12.2. The molecule has 18 heavy (non-hydrogen) atoms. The zero-order valence-corrected chi connectivity index (χ0v) is 10.2. The zero-order chi connectivity index (χ0) is 12.5. The van der Waals surface area contributed by atoms with E-state index in [9.17, 15) is 4.79 Å². The van der Waals surface area contributed by atoms with Gasteiger partial charge in [-0.25, -0.2) is 9.97 Å². The summed E-state index contributed by atoms with van der Waals surface area (Å²) in [5.74, 6) is 0.440. The van der Waals surface area contributed by atoms with E-state index in [4.69, 9.17) is 5.73 Å². The second kappa shape index (κ2) is 4.23. The molecule has 0 aromatic carbocycles. The summed E-state index contributed by atoms with van der Waals surface area (Å²) in [4.78, 5) is 21.2. The van der Waals surface area contributed by atoms with Crippen LogP contribution in [0.3, 0.4) is 0 Å². The van der Waals surface area contributed by atoms with Gasteiger partial charge in [0, 0.05) is 11.8 Å².